The number of ether oxygens (including phenoxy) is 2. The van der Waals surface area contributed by atoms with Gasteiger partial charge in [-0.1, -0.05) is 123 Å². The topological polar surface area (TPSA) is 49.4 Å². The molecule has 9 heteroatoms. The lowest BCUT2D eigenvalue weighted by atomic mass is 10.0. The van der Waals surface area contributed by atoms with E-state index in [2.05, 4.69) is 168 Å². The van der Waals surface area contributed by atoms with Crippen LogP contribution in [0.25, 0.3) is 0 Å². The molecule has 3 aliphatic heterocycles. The van der Waals surface area contributed by atoms with Gasteiger partial charge in [-0.15, -0.1) is 0 Å². The fourth-order valence-electron chi connectivity index (χ4n) is 7.89. The van der Waals surface area contributed by atoms with Crippen molar-refractivity contribution in [2.75, 3.05) is 13.2 Å². The first-order chi connectivity index (χ1) is 22.4. The van der Waals surface area contributed by atoms with Gasteiger partial charge in [0.05, 0.1) is 24.8 Å². The van der Waals surface area contributed by atoms with E-state index in [-0.39, 0.29) is 51.6 Å². The van der Waals surface area contributed by atoms with E-state index in [1.165, 1.54) is 10.4 Å². The highest BCUT2D eigenvalue weighted by atomic mass is 28.4. The van der Waals surface area contributed by atoms with E-state index in [1.807, 2.05) is 0 Å². The molecule has 0 radical (unpaired) electrons. The van der Waals surface area contributed by atoms with Crippen LogP contribution in [-0.4, -0.2) is 85.3 Å². The second-order valence-electron chi connectivity index (χ2n) is 19.4. The molecule has 5 rings (SSSR count). The Kier molecular flexibility index (Phi) is 10.7. The molecule has 0 bridgehead atoms. The van der Waals surface area contributed by atoms with Crippen LogP contribution >= 0.6 is 0 Å². The van der Waals surface area contributed by atoms with Crippen molar-refractivity contribution in [3.05, 3.63) is 60.7 Å². The number of rotatable bonds is 10. The molecule has 0 aromatic heterocycles. The Morgan fingerprint density at radius 3 is 1.63 bits per heavy atom. The molecule has 0 amide bonds. The lowest BCUT2D eigenvalue weighted by Gasteiger charge is -2.45. The summed E-state index contributed by atoms with van der Waals surface area (Å²) in [7, 11) is -6.87. The molecule has 0 N–H and O–H groups in total. The molecular weight excluding hydrogens is 659 g/mol. The van der Waals surface area contributed by atoms with E-state index in [9.17, 15) is 0 Å². The van der Waals surface area contributed by atoms with Gasteiger partial charge in [0.15, 0.2) is 22.4 Å². The number of hydrogen-bond acceptors (Lipinski definition) is 6. The Morgan fingerprint density at radius 2 is 1.16 bits per heavy atom. The Bertz CT molecular complexity index is 1370. The molecule has 6 nitrogen and oxygen atoms in total. The van der Waals surface area contributed by atoms with Gasteiger partial charge >= 0.3 is 0 Å². The van der Waals surface area contributed by atoms with Crippen LogP contribution in [0.2, 0.25) is 41.3 Å². The Labute approximate surface area is 302 Å². The molecule has 0 aliphatic carbocycles. The lowest BCUT2D eigenvalue weighted by molar-refractivity contribution is -0.171. The minimum atomic E-state index is -2.79. The number of nitrogens with zero attached hydrogens (tertiary/aromatic N) is 1. The van der Waals surface area contributed by atoms with Crippen LogP contribution in [0.4, 0.5) is 0 Å². The van der Waals surface area contributed by atoms with Crippen LogP contribution in [-0.2, 0) is 22.8 Å². The zero-order chi connectivity index (χ0) is 36.4. The molecule has 3 aliphatic rings. The monoisotopic (exact) mass is 725 g/mol. The summed E-state index contributed by atoms with van der Waals surface area (Å²) in [5.41, 5.74) is 0. The third-order valence-electron chi connectivity index (χ3n) is 12.5. The summed E-state index contributed by atoms with van der Waals surface area (Å²) in [6.07, 6.45) is 0.737. The molecule has 49 heavy (non-hydrogen) atoms. The van der Waals surface area contributed by atoms with Crippen LogP contribution in [0, 0.1) is 0 Å². The summed E-state index contributed by atoms with van der Waals surface area (Å²) in [4.78, 5) is 2.69. The van der Waals surface area contributed by atoms with Gasteiger partial charge in [0.25, 0.3) is 8.32 Å². The second kappa shape index (κ2) is 13.4. The number of benzene rings is 2. The maximum atomic E-state index is 7.67. The summed E-state index contributed by atoms with van der Waals surface area (Å²) < 4.78 is 35.8. The van der Waals surface area contributed by atoms with Gasteiger partial charge < -0.3 is 22.8 Å². The van der Waals surface area contributed by atoms with Crippen molar-refractivity contribution in [1.29, 1.82) is 0 Å². The molecule has 3 saturated heterocycles. The molecule has 3 heterocycles. The molecule has 3 fully saturated rings. The first kappa shape index (κ1) is 39.1. The molecule has 0 saturated carbocycles. The predicted octanol–water partition coefficient (Wildman–Crippen LogP) is 8.32. The summed E-state index contributed by atoms with van der Waals surface area (Å²) in [5, 5.41) is 2.70. The van der Waals surface area contributed by atoms with E-state index >= 15 is 0 Å². The van der Waals surface area contributed by atoms with Crippen molar-refractivity contribution in [2.24, 2.45) is 0 Å². The average molecular weight is 726 g/mol. The second-order valence-corrected chi connectivity index (χ2v) is 33.3. The van der Waals surface area contributed by atoms with Crippen molar-refractivity contribution >= 4 is 35.3 Å². The normalized spacial score (nSPS) is 28.1. The highest BCUT2D eigenvalue weighted by molar-refractivity contribution is 6.99. The van der Waals surface area contributed by atoms with Crippen LogP contribution < -0.4 is 10.4 Å². The van der Waals surface area contributed by atoms with Crippen molar-refractivity contribution < 1.29 is 22.8 Å². The molecule has 6 atom stereocenters. The van der Waals surface area contributed by atoms with E-state index in [1.54, 1.807) is 0 Å². The Balaban J connectivity index is 1.58. The van der Waals surface area contributed by atoms with E-state index in [4.69, 9.17) is 22.8 Å². The van der Waals surface area contributed by atoms with Gasteiger partial charge in [0.1, 0.15) is 12.2 Å². The smallest absolute Gasteiger partial charge is 0.261 e. The molecule has 0 unspecified atom stereocenters. The minimum Gasteiger partial charge on any atom is -0.415 e. The Hall–Kier alpha value is -1.15. The van der Waals surface area contributed by atoms with Gasteiger partial charge in [-0.05, 0) is 71.9 Å². The largest absolute Gasteiger partial charge is 0.415 e. The summed E-state index contributed by atoms with van der Waals surface area (Å²) >= 11 is 0. The SMILES string of the molecule is CC1(C)O[C@@H]2[C@H](O1)[C@@H](CO[Si](c1ccccc1)(c1ccccc1)C(C)(C)C)N1[C@H](CO[Si](C)(C)C(C)(C)C)C[C@@H](O[Si](C)(C)C(C)(C)C)[C@H]21. The van der Waals surface area contributed by atoms with Gasteiger partial charge in [-0.3, -0.25) is 4.90 Å². The van der Waals surface area contributed by atoms with E-state index in [0.29, 0.717) is 13.2 Å². The van der Waals surface area contributed by atoms with E-state index in [0.717, 1.165) is 6.42 Å². The molecule has 2 aromatic rings. The molecule has 2 aromatic carbocycles. The van der Waals surface area contributed by atoms with Crippen LogP contribution in [0.3, 0.4) is 0 Å². The summed E-state index contributed by atoms with van der Waals surface area (Å²) in [6, 6.07) is 22.2. The highest BCUT2D eigenvalue weighted by Gasteiger charge is 2.65. The maximum absolute atomic E-state index is 7.67. The van der Waals surface area contributed by atoms with Crippen LogP contribution in [0.5, 0.6) is 0 Å². The fraction of sp³-hybridized carbons (Fsp3) is 0.700. The summed E-state index contributed by atoms with van der Waals surface area (Å²) in [5.74, 6) is -0.672. The minimum absolute atomic E-state index is 0.000504. The first-order valence-corrected chi connectivity index (χ1v) is 26.3. The Morgan fingerprint density at radius 1 is 0.673 bits per heavy atom. The van der Waals surface area contributed by atoms with Gasteiger partial charge in [-0.25, -0.2) is 0 Å². The van der Waals surface area contributed by atoms with E-state index < -0.39 is 30.7 Å². The van der Waals surface area contributed by atoms with Crippen LogP contribution in [0.15, 0.2) is 60.7 Å². The van der Waals surface area contributed by atoms with Crippen molar-refractivity contribution in [2.45, 2.75) is 166 Å². The van der Waals surface area contributed by atoms with Crippen molar-refractivity contribution in [3.63, 3.8) is 0 Å². The third kappa shape index (κ3) is 7.40. The highest BCUT2D eigenvalue weighted by Crippen LogP contribution is 2.50. The third-order valence-corrected chi connectivity index (χ3v) is 26.5. The van der Waals surface area contributed by atoms with Gasteiger partial charge in [0.2, 0.25) is 0 Å². The standard InChI is InChI=1S/C40H67NO5Si3/c1-37(2,3)47(12,13)42-27-29-26-33(46-48(14,15)38(4,5)6)34-36-35(44-40(10,11)45-36)32(41(29)34)28-43-49(39(7,8)9,30-22-18-16-19-23-30)31-24-20-17-21-25-31/h16-25,29,32-36H,26-28H2,1-15H3/t29-,32+,33+,34+,35+,36-/m0/s1. The molecule has 0 spiro atoms. The number of fused-ring (bicyclic) bond motifs is 3. The first-order valence-electron chi connectivity index (χ1n) is 18.6. The zero-order valence-corrected chi connectivity index (χ0v) is 36.3. The lowest BCUT2D eigenvalue weighted by Crippen LogP contribution is -2.67. The summed E-state index contributed by atoms with van der Waals surface area (Å²) in [6.45, 7) is 35.9. The van der Waals surface area contributed by atoms with Crippen LogP contribution in [0.1, 0.15) is 82.6 Å². The predicted molar refractivity (Wildman–Crippen MR) is 210 cm³/mol. The quantitative estimate of drug-likeness (QED) is 0.230. The fourth-order valence-corrected chi connectivity index (χ4v) is 14.9. The number of hydrogen-bond donors (Lipinski definition) is 0. The maximum Gasteiger partial charge on any atom is 0.261 e. The van der Waals surface area contributed by atoms with Gasteiger partial charge in [0, 0.05) is 12.6 Å². The zero-order valence-electron chi connectivity index (χ0n) is 33.3. The molecule has 274 valence electrons. The average Bonchev–Trinajstić information content (AvgIpc) is 3.57. The van der Waals surface area contributed by atoms with Crippen molar-refractivity contribution in [1.82, 2.24) is 4.90 Å². The van der Waals surface area contributed by atoms with Gasteiger partial charge in [-0.2, -0.15) is 0 Å². The van der Waals surface area contributed by atoms with Crippen molar-refractivity contribution in [3.8, 4) is 0 Å². The molecular formula is C40H67NO5Si3.